The van der Waals surface area contributed by atoms with Crippen LogP contribution in [0.5, 0.6) is 0 Å². The fourth-order valence-corrected chi connectivity index (χ4v) is 0.744. The van der Waals surface area contributed by atoms with Gasteiger partial charge in [0.2, 0.25) is 0 Å². The second-order valence-corrected chi connectivity index (χ2v) is 2.08. The first-order valence-corrected chi connectivity index (χ1v) is 2.71. The summed E-state index contributed by atoms with van der Waals surface area (Å²) in [5.41, 5.74) is 8.91. The minimum Gasteiger partial charge on any atom is -0.389 e. The Kier molecular flexibility index (Phi) is 0.982. The van der Waals surface area contributed by atoms with Gasteiger partial charge in [0, 0.05) is 0 Å². The Bertz CT molecular complexity index is 142. The Balaban J connectivity index is 3.12. The Morgan fingerprint density at radius 3 is 2.71 bits per heavy atom. The van der Waals surface area contributed by atoms with Gasteiger partial charge in [-0.25, -0.2) is 4.98 Å². The summed E-state index contributed by atoms with van der Waals surface area (Å²) in [6, 6.07) is 0. The van der Waals surface area contributed by atoms with Gasteiger partial charge in [0.15, 0.2) is 5.51 Å². The first-order chi connectivity index (χ1) is 3.30. The summed E-state index contributed by atoms with van der Waals surface area (Å²) in [6.45, 7) is 1.86. The van der Waals surface area contributed by atoms with E-state index in [4.69, 9.17) is 5.73 Å². The lowest BCUT2D eigenvalue weighted by atomic mass is 10.5. The van der Waals surface area contributed by atoms with E-state index in [2.05, 4.69) is 10.5 Å². The van der Waals surface area contributed by atoms with Crippen molar-refractivity contribution < 1.29 is 0 Å². The van der Waals surface area contributed by atoms with E-state index in [1.54, 1.807) is 0 Å². The maximum Gasteiger partial charge on any atom is 0.154 e. The molecule has 7 heavy (non-hydrogen) atoms. The van der Waals surface area contributed by atoms with Gasteiger partial charge in [0.05, 0.1) is 5.69 Å². The van der Waals surface area contributed by atoms with Gasteiger partial charge in [-0.15, -0.1) is 0 Å². The minimum absolute atomic E-state index is 0.764. The van der Waals surface area contributed by atoms with Crippen molar-refractivity contribution >= 4 is 16.3 Å². The number of aromatic nitrogens is 1. The van der Waals surface area contributed by atoms with Crippen LogP contribution in [0.1, 0.15) is 5.69 Å². The molecule has 1 rings (SSSR count). The monoisotopic (exact) mass is 113 g/mol. The third-order valence-electron chi connectivity index (χ3n) is 0.726. The lowest BCUT2D eigenvalue weighted by molar-refractivity contribution is 1.26. The van der Waals surface area contributed by atoms with Crippen molar-refractivity contribution in [3.8, 4) is 0 Å². The summed E-state index contributed by atoms with van der Waals surface area (Å²) in [7, 11) is 0. The average molecular weight is 113 g/mol. The van der Waals surface area contributed by atoms with Crippen LogP contribution < -0.4 is 5.73 Å². The first kappa shape index (κ1) is 4.59. The fourth-order valence-electron chi connectivity index (χ4n) is 0.269. The van der Waals surface area contributed by atoms with Crippen LogP contribution in [-0.4, -0.2) is 4.98 Å². The molecule has 37 valence electrons. The van der Waals surface area contributed by atoms with Crippen LogP contribution in [0.2, 0.25) is 0 Å². The SMILES string of the molecule is Cc1n[c]sc1N. The lowest BCUT2D eigenvalue weighted by Crippen LogP contribution is -1.80. The normalized spacial score (nSPS) is 9.29. The van der Waals surface area contributed by atoms with E-state index in [1.807, 2.05) is 6.92 Å². The van der Waals surface area contributed by atoms with Gasteiger partial charge < -0.3 is 5.73 Å². The molecule has 0 aliphatic rings. The lowest BCUT2D eigenvalue weighted by Gasteiger charge is -1.78. The van der Waals surface area contributed by atoms with Gasteiger partial charge in [0.25, 0.3) is 0 Å². The van der Waals surface area contributed by atoms with E-state index in [-0.39, 0.29) is 0 Å². The van der Waals surface area contributed by atoms with Crippen molar-refractivity contribution in [2.24, 2.45) is 0 Å². The highest BCUT2D eigenvalue weighted by Crippen LogP contribution is 2.11. The van der Waals surface area contributed by atoms with Crippen LogP contribution in [-0.2, 0) is 0 Å². The van der Waals surface area contributed by atoms with Crippen molar-refractivity contribution in [2.75, 3.05) is 5.73 Å². The van der Waals surface area contributed by atoms with E-state index in [0.29, 0.717) is 0 Å². The Hall–Kier alpha value is -0.570. The number of aryl methyl sites for hydroxylation is 1. The highest BCUT2D eigenvalue weighted by Gasteiger charge is 1.90. The molecule has 0 saturated heterocycles. The zero-order valence-electron chi connectivity index (χ0n) is 3.93. The molecule has 0 aliphatic heterocycles. The number of nitrogen functional groups attached to an aromatic ring is 1. The summed E-state index contributed by atoms with van der Waals surface area (Å²) in [5.74, 6) is 0. The third-order valence-corrected chi connectivity index (χ3v) is 1.42. The topological polar surface area (TPSA) is 38.9 Å². The number of nitrogens with two attached hydrogens (primary N) is 1. The van der Waals surface area contributed by atoms with Crippen LogP contribution in [0, 0.1) is 12.4 Å². The molecular weight excluding hydrogens is 108 g/mol. The zero-order chi connectivity index (χ0) is 5.28. The minimum atomic E-state index is 0.764. The highest BCUT2D eigenvalue weighted by atomic mass is 32.1. The molecule has 0 aliphatic carbocycles. The molecule has 0 bridgehead atoms. The molecule has 0 amide bonds. The summed E-state index contributed by atoms with van der Waals surface area (Å²) in [4.78, 5) is 3.78. The van der Waals surface area contributed by atoms with Gasteiger partial charge in [0.1, 0.15) is 5.00 Å². The molecule has 2 N–H and O–H groups in total. The second kappa shape index (κ2) is 1.50. The highest BCUT2D eigenvalue weighted by molar-refractivity contribution is 7.13. The number of nitrogens with zero attached hydrogens (tertiary/aromatic N) is 1. The Morgan fingerprint density at radius 2 is 2.57 bits per heavy atom. The van der Waals surface area contributed by atoms with E-state index in [9.17, 15) is 0 Å². The van der Waals surface area contributed by atoms with Crippen molar-refractivity contribution in [2.45, 2.75) is 6.92 Å². The van der Waals surface area contributed by atoms with Gasteiger partial charge in [-0.2, -0.15) is 0 Å². The molecule has 0 spiro atoms. The van der Waals surface area contributed by atoms with Gasteiger partial charge in [-0.1, -0.05) is 11.3 Å². The fraction of sp³-hybridized carbons (Fsp3) is 0.250. The number of rotatable bonds is 0. The van der Waals surface area contributed by atoms with E-state index < -0.39 is 0 Å². The molecule has 0 saturated carbocycles. The largest absolute Gasteiger partial charge is 0.389 e. The van der Waals surface area contributed by atoms with E-state index >= 15 is 0 Å². The van der Waals surface area contributed by atoms with Crippen molar-refractivity contribution in [3.05, 3.63) is 11.2 Å². The van der Waals surface area contributed by atoms with Gasteiger partial charge in [-0.3, -0.25) is 0 Å². The molecule has 0 fully saturated rings. The second-order valence-electron chi connectivity index (χ2n) is 1.25. The predicted molar refractivity (Wildman–Crippen MR) is 30.1 cm³/mol. The number of anilines is 1. The summed E-state index contributed by atoms with van der Waals surface area (Å²) < 4.78 is 0. The van der Waals surface area contributed by atoms with E-state index in [1.165, 1.54) is 11.3 Å². The number of hydrogen-bond donors (Lipinski definition) is 1. The van der Waals surface area contributed by atoms with Crippen LogP contribution in [0.25, 0.3) is 0 Å². The van der Waals surface area contributed by atoms with Gasteiger partial charge in [-0.05, 0) is 6.92 Å². The molecular formula is C4H5N2S. The summed E-state index contributed by atoms with van der Waals surface area (Å²) in [5, 5.41) is 0.764. The zero-order valence-corrected chi connectivity index (χ0v) is 4.75. The molecule has 0 unspecified atom stereocenters. The Morgan fingerprint density at radius 1 is 1.86 bits per heavy atom. The molecule has 1 aromatic rings. The summed E-state index contributed by atoms with van der Waals surface area (Å²) in [6.07, 6.45) is 0. The standard InChI is InChI=1S/C4H5N2S/c1-3-4(5)7-2-6-3/h5H2,1H3. The van der Waals surface area contributed by atoms with Crippen molar-refractivity contribution in [3.63, 3.8) is 0 Å². The maximum atomic E-state index is 5.36. The van der Waals surface area contributed by atoms with E-state index in [0.717, 1.165) is 10.7 Å². The maximum absolute atomic E-state index is 5.36. The average Bonchev–Trinajstić information content (AvgIpc) is 1.91. The predicted octanol–water partition coefficient (Wildman–Crippen LogP) is 0.834. The van der Waals surface area contributed by atoms with Crippen LogP contribution >= 0.6 is 11.3 Å². The van der Waals surface area contributed by atoms with Crippen molar-refractivity contribution in [1.82, 2.24) is 4.98 Å². The quantitative estimate of drug-likeness (QED) is 0.541. The summed E-state index contributed by atoms with van der Waals surface area (Å²) >= 11 is 1.35. The van der Waals surface area contributed by atoms with Crippen LogP contribution in [0.3, 0.4) is 0 Å². The van der Waals surface area contributed by atoms with Crippen LogP contribution in [0.4, 0.5) is 5.00 Å². The number of thiazole rings is 1. The molecule has 0 aromatic carbocycles. The smallest absolute Gasteiger partial charge is 0.154 e. The molecule has 1 aromatic heterocycles. The molecule has 2 nitrogen and oxygen atoms in total. The van der Waals surface area contributed by atoms with Crippen molar-refractivity contribution in [1.29, 1.82) is 0 Å². The Labute approximate surface area is 46.0 Å². The van der Waals surface area contributed by atoms with Gasteiger partial charge >= 0.3 is 0 Å². The molecule has 1 radical (unpaired) electrons. The molecule has 1 heterocycles. The third kappa shape index (κ3) is 0.718. The molecule has 3 heteroatoms. The molecule has 0 atom stereocenters. The first-order valence-electron chi connectivity index (χ1n) is 1.89. The number of hydrogen-bond acceptors (Lipinski definition) is 3. The van der Waals surface area contributed by atoms with Crippen LogP contribution in [0.15, 0.2) is 0 Å².